The highest BCUT2D eigenvalue weighted by molar-refractivity contribution is 7.92. The highest BCUT2D eigenvalue weighted by Gasteiger charge is 2.52. The van der Waals surface area contributed by atoms with E-state index in [1.165, 1.54) is 35.2 Å². The van der Waals surface area contributed by atoms with Gasteiger partial charge in [-0.05, 0) is 75.8 Å². The zero-order valence-electron chi connectivity index (χ0n) is 24.7. The molecule has 230 valence electrons. The number of carbonyl (C=O) groups is 1. The Hall–Kier alpha value is -3.67. The molecule has 43 heavy (non-hydrogen) atoms. The van der Waals surface area contributed by atoms with Gasteiger partial charge in [0.2, 0.25) is 11.8 Å². The largest absolute Gasteiger partial charge is 0.475 e. The molecule has 1 atom stereocenters. The van der Waals surface area contributed by atoms with Crippen molar-refractivity contribution in [3.05, 3.63) is 65.2 Å². The van der Waals surface area contributed by atoms with Crippen molar-refractivity contribution < 1.29 is 31.1 Å². The van der Waals surface area contributed by atoms with Crippen LogP contribution in [0.15, 0.2) is 53.4 Å². The smallest absolute Gasteiger partial charge is 0.394 e. The molecular formula is C31H35F3N4O4S. The van der Waals surface area contributed by atoms with Gasteiger partial charge in [-0.15, -0.1) is 0 Å². The molecule has 4 bridgehead atoms. The third-order valence-corrected chi connectivity index (χ3v) is 9.92. The van der Waals surface area contributed by atoms with Crippen LogP contribution in [0.25, 0.3) is 11.3 Å². The summed E-state index contributed by atoms with van der Waals surface area (Å²) >= 11 is 0. The van der Waals surface area contributed by atoms with Crippen LogP contribution in [0, 0.1) is 19.3 Å². The molecule has 1 N–H and O–H groups in total. The Morgan fingerprint density at radius 2 is 1.70 bits per heavy atom. The van der Waals surface area contributed by atoms with E-state index in [1.807, 2.05) is 39.0 Å². The molecule has 3 aromatic rings. The number of nitrogens with one attached hydrogen (secondary N) is 1. The molecule has 1 amide bonds. The van der Waals surface area contributed by atoms with Crippen LogP contribution in [-0.4, -0.2) is 53.6 Å². The molecule has 0 unspecified atom stereocenters. The van der Waals surface area contributed by atoms with Crippen LogP contribution in [0.4, 0.5) is 19.1 Å². The van der Waals surface area contributed by atoms with Crippen molar-refractivity contribution in [1.29, 1.82) is 0 Å². The Morgan fingerprint density at radius 1 is 1.05 bits per heavy atom. The lowest BCUT2D eigenvalue weighted by atomic mass is 9.74. The summed E-state index contributed by atoms with van der Waals surface area (Å²) in [5.41, 5.74) is 0.0464. The van der Waals surface area contributed by atoms with Gasteiger partial charge in [-0.25, -0.2) is 18.1 Å². The van der Waals surface area contributed by atoms with Gasteiger partial charge in [0.25, 0.3) is 15.9 Å². The molecule has 2 aliphatic rings. The second kappa shape index (κ2) is 10.8. The van der Waals surface area contributed by atoms with Crippen LogP contribution in [0.5, 0.6) is 5.88 Å². The van der Waals surface area contributed by atoms with Gasteiger partial charge in [0.15, 0.2) is 0 Å². The molecule has 1 saturated carbocycles. The van der Waals surface area contributed by atoms with E-state index in [9.17, 15) is 26.4 Å². The van der Waals surface area contributed by atoms with E-state index >= 15 is 0 Å². The minimum atomic E-state index is -4.54. The average molecular weight is 617 g/mol. The summed E-state index contributed by atoms with van der Waals surface area (Å²) in [6, 6.07) is 11.7. The second-order valence-electron chi connectivity index (χ2n) is 12.4. The van der Waals surface area contributed by atoms with Gasteiger partial charge < -0.3 is 9.64 Å². The summed E-state index contributed by atoms with van der Waals surface area (Å²) in [6.07, 6.45) is -2.98. The van der Waals surface area contributed by atoms with Crippen LogP contribution < -0.4 is 9.46 Å². The van der Waals surface area contributed by atoms with Crippen LogP contribution in [0.2, 0.25) is 0 Å². The molecule has 1 aliphatic carbocycles. The molecule has 8 nitrogen and oxygen atoms in total. The van der Waals surface area contributed by atoms with Gasteiger partial charge in [0.1, 0.15) is 6.61 Å². The summed E-state index contributed by atoms with van der Waals surface area (Å²) in [4.78, 5) is 24.2. The number of benzene rings is 2. The number of carbonyl (C=O) groups excluding carboxylic acids is 1. The number of halogens is 3. The Morgan fingerprint density at radius 3 is 2.30 bits per heavy atom. The Balaban J connectivity index is 1.71. The first kappa shape index (κ1) is 30.8. The maximum absolute atomic E-state index is 14.2. The third kappa shape index (κ3) is 5.93. The molecule has 1 aromatic heterocycles. The maximum atomic E-state index is 14.2. The van der Waals surface area contributed by atoms with Gasteiger partial charge in [-0.2, -0.15) is 18.2 Å². The summed E-state index contributed by atoms with van der Waals surface area (Å²) < 4.78 is 78.1. The zero-order chi connectivity index (χ0) is 31.4. The molecule has 12 heteroatoms. The van der Waals surface area contributed by atoms with Crippen molar-refractivity contribution >= 4 is 21.9 Å². The quantitative estimate of drug-likeness (QED) is 0.351. The molecule has 2 aromatic carbocycles. The van der Waals surface area contributed by atoms with Crippen LogP contribution in [0.3, 0.4) is 0 Å². The number of nitrogens with zero attached hydrogens (tertiary/aromatic N) is 3. The third-order valence-electron chi connectivity index (χ3n) is 8.59. The van der Waals surface area contributed by atoms with Crippen molar-refractivity contribution in [2.75, 3.05) is 11.3 Å². The van der Waals surface area contributed by atoms with E-state index in [0.717, 1.165) is 37.0 Å². The molecule has 5 rings (SSSR count). The number of hydrogen-bond donors (Lipinski definition) is 1. The minimum absolute atomic E-state index is 0.0303. The summed E-state index contributed by atoms with van der Waals surface area (Å²) in [5, 5.41) is 0. The number of sulfonamides is 1. The zero-order valence-corrected chi connectivity index (χ0v) is 25.6. The number of amides is 1. The lowest BCUT2D eigenvalue weighted by molar-refractivity contribution is -0.219. The Bertz CT molecular complexity index is 1650. The maximum Gasteiger partial charge on any atom is 0.394 e. The van der Waals surface area contributed by atoms with Gasteiger partial charge in [-0.3, -0.25) is 4.79 Å². The number of alkyl halides is 3. The van der Waals surface area contributed by atoms with Crippen molar-refractivity contribution in [2.45, 2.75) is 83.0 Å². The fourth-order valence-electron chi connectivity index (χ4n) is 5.90. The molecule has 0 spiro atoms. The molecule has 1 aliphatic heterocycles. The second-order valence-corrected chi connectivity index (χ2v) is 14.1. The summed E-state index contributed by atoms with van der Waals surface area (Å²) in [5.74, 6) is -0.850. The Kier molecular flexibility index (Phi) is 7.73. The predicted octanol–water partition coefficient (Wildman–Crippen LogP) is 6.69. The summed E-state index contributed by atoms with van der Waals surface area (Å²) in [7, 11) is -4.26. The average Bonchev–Trinajstić information content (AvgIpc) is 2.89. The van der Waals surface area contributed by atoms with E-state index < -0.39 is 45.5 Å². The fraction of sp³-hybridized carbons (Fsp3) is 0.452. The van der Waals surface area contributed by atoms with Crippen molar-refractivity contribution in [3.8, 4) is 17.1 Å². The molecule has 0 saturated heterocycles. The number of rotatable bonds is 4. The standard InChI is InChI=1S/C31H35F3N4O4S/c1-19-9-6-10-20(2)26(19)24-16-25-36-28(35-24)37-43(40,41)23-12-7-11-21(15-23)27(39)38(30(5)13-8-14-30)22(18-42-25)17-29(3,4)31(32,33)34/h6-7,9-12,15-16,22H,8,13-14,17-18H2,1-5H3,(H,35,36,37)/t22-/m1/s1. The number of ether oxygens (including phenoxy) is 1. The lowest BCUT2D eigenvalue weighted by Gasteiger charge is -2.52. The van der Waals surface area contributed by atoms with E-state index in [1.54, 1.807) is 0 Å². The van der Waals surface area contributed by atoms with Crippen LogP contribution in [0.1, 0.15) is 67.9 Å². The highest BCUT2D eigenvalue weighted by atomic mass is 32.2. The summed E-state index contributed by atoms with van der Waals surface area (Å²) in [6.45, 7) is 7.56. The van der Waals surface area contributed by atoms with E-state index in [-0.39, 0.29) is 28.9 Å². The number of hydrogen-bond acceptors (Lipinski definition) is 6. The normalized spacial score (nSPS) is 20.0. The van der Waals surface area contributed by atoms with Crippen LogP contribution in [-0.2, 0) is 10.0 Å². The van der Waals surface area contributed by atoms with Crippen molar-refractivity contribution in [1.82, 2.24) is 14.9 Å². The van der Waals surface area contributed by atoms with Gasteiger partial charge in [-0.1, -0.05) is 38.1 Å². The van der Waals surface area contributed by atoms with E-state index in [0.29, 0.717) is 18.5 Å². The van der Waals surface area contributed by atoms with E-state index in [4.69, 9.17) is 4.74 Å². The van der Waals surface area contributed by atoms with Gasteiger partial charge >= 0.3 is 6.18 Å². The van der Waals surface area contributed by atoms with Gasteiger partial charge in [0, 0.05) is 22.7 Å². The number of fused-ring (bicyclic) bond motifs is 4. The first-order valence-corrected chi connectivity index (χ1v) is 15.6. The molecule has 2 heterocycles. The monoisotopic (exact) mass is 616 g/mol. The van der Waals surface area contributed by atoms with Crippen molar-refractivity contribution in [2.24, 2.45) is 5.41 Å². The molecule has 0 radical (unpaired) electrons. The number of anilines is 1. The lowest BCUT2D eigenvalue weighted by Crippen LogP contribution is -2.61. The first-order chi connectivity index (χ1) is 20.0. The van der Waals surface area contributed by atoms with Crippen molar-refractivity contribution in [3.63, 3.8) is 0 Å². The SMILES string of the molecule is Cc1cccc(C)c1-c1cc2nc(n1)NS(=O)(=O)c1cccc(c1)C(=O)N(C1(C)CCC1)[C@H](CC(C)(C)C(F)(F)F)CO2. The van der Waals surface area contributed by atoms with Gasteiger partial charge in [0.05, 0.1) is 22.0 Å². The van der Waals surface area contributed by atoms with Crippen LogP contribution >= 0.6 is 0 Å². The number of aromatic nitrogens is 2. The van der Waals surface area contributed by atoms with E-state index in [2.05, 4.69) is 14.7 Å². The molecule has 1 fully saturated rings. The highest BCUT2D eigenvalue weighted by Crippen LogP contribution is 2.46. The number of aryl methyl sites for hydroxylation is 2. The Labute approximate surface area is 249 Å². The fourth-order valence-corrected chi connectivity index (χ4v) is 6.89. The molecular weight excluding hydrogens is 581 g/mol. The topological polar surface area (TPSA) is 101 Å². The first-order valence-electron chi connectivity index (χ1n) is 14.1. The minimum Gasteiger partial charge on any atom is -0.475 e. The predicted molar refractivity (Wildman–Crippen MR) is 156 cm³/mol.